The highest BCUT2D eigenvalue weighted by Gasteiger charge is 2.39. The molecule has 10 rings (SSSR count). The van der Waals surface area contributed by atoms with Gasteiger partial charge in [-0.2, -0.15) is 5.10 Å². The molecule has 2 fully saturated rings. The summed E-state index contributed by atoms with van der Waals surface area (Å²) in [6, 6.07) is 28.8. The first-order valence-electron chi connectivity index (χ1n) is 22.5. The number of hydrogen-bond acceptors (Lipinski definition) is 13. The van der Waals surface area contributed by atoms with Crippen LogP contribution in [0, 0.1) is 0 Å². The molecule has 0 aliphatic carbocycles. The number of urea groups is 1. The Morgan fingerprint density at radius 2 is 1.51 bits per heavy atom. The van der Waals surface area contributed by atoms with Gasteiger partial charge in [0.25, 0.3) is 11.8 Å². The summed E-state index contributed by atoms with van der Waals surface area (Å²) in [6.07, 6.45) is 8.11. The van der Waals surface area contributed by atoms with Crippen molar-refractivity contribution in [3.8, 4) is 22.8 Å². The lowest BCUT2D eigenvalue weighted by atomic mass is 10.2. The standard InChI is InChI=1S/C22H20N8O3.C16H18N4O3.C9H9N3.C2H6.2H2/c1-33-11-10-25-22(32)30-29-20(31)19-13-14-12-15(5-6-16(14)27-19)26-21-24-9-7-18(28-21)17-4-2-3-8-23-17;17-11-3-4-12-10(8-11)9-13(18-12)15(21)19-5-6-20(19)16(22)14-2-1-7-23-14;1-12-9(5-7-11-12)8-4-2-3-6-10-8;1-2;;/h2-9,12-13,27H,10-11H2,1H3,(H,25,32)(H,24,26,28);3-4,8-9,14,18H,1-2,5-7,17H2;2-7H,1H3;1-2H3;2*1H. The predicted molar refractivity (Wildman–Crippen MR) is 268 cm³/mol. The number of nitrogen functional groups attached to an aromatic ring is 1. The van der Waals surface area contributed by atoms with Gasteiger partial charge in [0, 0.05) is 88.1 Å². The Kier molecular flexibility index (Phi) is 16.8. The number of methoxy groups -OCH3 is 1. The molecule has 6 aromatic heterocycles. The quantitative estimate of drug-likeness (QED) is 0.0497. The first-order valence-corrected chi connectivity index (χ1v) is 22.5. The van der Waals surface area contributed by atoms with Crippen LogP contribution in [0.4, 0.5) is 22.1 Å². The Balaban J connectivity index is 0.000000213. The fourth-order valence-corrected chi connectivity index (χ4v) is 7.19. The van der Waals surface area contributed by atoms with Crippen molar-refractivity contribution < 1.29 is 31.5 Å². The predicted octanol–water partition coefficient (Wildman–Crippen LogP) is 7.84. The van der Waals surface area contributed by atoms with Gasteiger partial charge in [0.1, 0.15) is 17.5 Å². The van der Waals surface area contributed by atoms with Crippen LogP contribution in [0.5, 0.6) is 0 Å². The van der Waals surface area contributed by atoms with Crippen molar-refractivity contribution in [3.05, 3.63) is 133 Å². The van der Waals surface area contributed by atoms with Crippen LogP contribution in [0.1, 0.15) is 50.5 Å². The average Bonchev–Trinajstić information content (AvgIpc) is 4.23. The molecule has 0 bridgehead atoms. The minimum Gasteiger partial charge on any atom is -0.399 e. The second-order valence-electron chi connectivity index (χ2n) is 15.3. The highest BCUT2D eigenvalue weighted by atomic mass is 16.5. The summed E-state index contributed by atoms with van der Waals surface area (Å²) in [5.41, 5.74) is 12.8. The minimum absolute atomic E-state index is 0. The fourth-order valence-electron chi connectivity index (χ4n) is 7.19. The Hall–Kier alpha value is -8.69. The molecule has 21 nitrogen and oxygen atoms in total. The molecule has 5 amide bonds. The van der Waals surface area contributed by atoms with E-state index in [0.717, 1.165) is 57.4 Å². The zero-order chi connectivity index (χ0) is 49.4. The largest absolute Gasteiger partial charge is 0.399 e. The third-order valence-corrected chi connectivity index (χ3v) is 10.6. The molecule has 1 atom stereocenters. The van der Waals surface area contributed by atoms with E-state index in [1.54, 1.807) is 49.1 Å². The van der Waals surface area contributed by atoms with Crippen LogP contribution < -0.4 is 16.4 Å². The average molecular weight is 952 g/mol. The van der Waals surface area contributed by atoms with Gasteiger partial charge in [0.2, 0.25) is 5.95 Å². The summed E-state index contributed by atoms with van der Waals surface area (Å²) in [5.74, 6) is -0.577. The van der Waals surface area contributed by atoms with Crippen LogP contribution in [-0.2, 0) is 21.3 Å². The molecular formula is C49H57N15O6. The van der Waals surface area contributed by atoms with E-state index in [2.05, 4.69) is 55.9 Å². The number of aromatic amines is 2. The summed E-state index contributed by atoms with van der Waals surface area (Å²) >= 11 is 0. The van der Waals surface area contributed by atoms with Gasteiger partial charge in [-0.05, 0) is 97.8 Å². The monoisotopic (exact) mass is 951 g/mol. The number of rotatable bonds is 10. The summed E-state index contributed by atoms with van der Waals surface area (Å²) in [7, 11) is 3.42. The molecule has 2 saturated heterocycles. The second-order valence-corrected chi connectivity index (χ2v) is 15.3. The minimum atomic E-state index is -0.712. The number of hydrogen-bond donors (Lipinski definition) is 5. The van der Waals surface area contributed by atoms with Crippen LogP contribution in [0.3, 0.4) is 0 Å². The third kappa shape index (κ3) is 12.4. The van der Waals surface area contributed by atoms with Gasteiger partial charge in [0.15, 0.2) is 0 Å². The van der Waals surface area contributed by atoms with Gasteiger partial charge in [-0.1, -0.05) is 36.2 Å². The summed E-state index contributed by atoms with van der Waals surface area (Å²) in [6.45, 7) is 6.32. The number of aromatic nitrogens is 8. The Morgan fingerprint density at radius 1 is 0.800 bits per heavy atom. The third-order valence-electron chi connectivity index (χ3n) is 10.6. The molecule has 21 heteroatoms. The van der Waals surface area contributed by atoms with E-state index in [1.807, 2.05) is 98.4 Å². The number of fused-ring (bicyclic) bond motifs is 2. The number of amides is 5. The van der Waals surface area contributed by atoms with Gasteiger partial charge in [-0.25, -0.2) is 24.8 Å². The van der Waals surface area contributed by atoms with Gasteiger partial charge in [0.05, 0.1) is 42.5 Å². The number of nitrogens with zero attached hydrogens (tertiary/aromatic N) is 10. The molecule has 0 spiro atoms. The molecular weight excluding hydrogens is 895 g/mol. The zero-order valence-electron chi connectivity index (χ0n) is 39.1. The van der Waals surface area contributed by atoms with Gasteiger partial charge in [-0.3, -0.25) is 29.0 Å². The van der Waals surface area contributed by atoms with E-state index in [-0.39, 0.29) is 26.9 Å². The lowest BCUT2D eigenvalue weighted by Gasteiger charge is -2.44. The zero-order valence-corrected chi connectivity index (χ0v) is 39.1. The SMILES string of the molecule is CC.COCCNC(=O)N=NC(=O)c1cc2cc(Nc3nccc(-c4ccccn4)n3)ccc2[nH]1.Cn1nccc1-c1ccccn1.Nc1ccc2[nH]c(C(=O)N3CCN3C(=O)C3CCCO3)cc2c1.[HH].[HH]. The normalized spacial score (nSPS) is 13.9. The first-order chi connectivity index (χ1) is 34.1. The molecule has 364 valence electrons. The number of benzene rings is 2. The van der Waals surface area contributed by atoms with Crippen molar-refractivity contribution in [1.82, 2.24) is 55.0 Å². The van der Waals surface area contributed by atoms with Crippen molar-refractivity contribution in [1.29, 1.82) is 0 Å². The Morgan fingerprint density at radius 3 is 2.19 bits per heavy atom. The van der Waals surface area contributed by atoms with Gasteiger partial charge in [-0.15, -0.1) is 0 Å². The number of anilines is 3. The number of carbonyl (C=O) groups excluding carboxylic acids is 4. The first kappa shape index (κ1) is 49.2. The summed E-state index contributed by atoms with van der Waals surface area (Å²) in [4.78, 5) is 72.1. The maximum Gasteiger partial charge on any atom is 0.359 e. The Labute approximate surface area is 405 Å². The van der Waals surface area contributed by atoms with E-state index in [4.69, 9.17) is 15.2 Å². The molecule has 2 aliphatic heterocycles. The maximum absolute atomic E-state index is 12.6. The molecule has 0 saturated carbocycles. The molecule has 2 aromatic carbocycles. The van der Waals surface area contributed by atoms with E-state index in [9.17, 15) is 19.2 Å². The number of H-pyrrole nitrogens is 2. The molecule has 2 aliphatic rings. The smallest absolute Gasteiger partial charge is 0.359 e. The van der Waals surface area contributed by atoms with Crippen LogP contribution >= 0.6 is 0 Å². The summed E-state index contributed by atoms with van der Waals surface area (Å²) in [5, 5.41) is 21.1. The lowest BCUT2D eigenvalue weighted by molar-refractivity contribution is -0.168. The highest BCUT2D eigenvalue weighted by molar-refractivity contribution is 6.01. The van der Waals surface area contributed by atoms with Gasteiger partial charge < -0.3 is 35.8 Å². The van der Waals surface area contributed by atoms with E-state index in [1.165, 1.54) is 17.1 Å². The van der Waals surface area contributed by atoms with Crippen LogP contribution in [0.2, 0.25) is 0 Å². The number of aryl methyl sites for hydroxylation is 1. The number of nitrogens with one attached hydrogen (secondary N) is 4. The van der Waals surface area contributed by atoms with Gasteiger partial charge >= 0.3 is 11.9 Å². The second kappa shape index (κ2) is 23.9. The van der Waals surface area contributed by atoms with Crippen molar-refractivity contribution in [2.24, 2.45) is 17.3 Å². The molecule has 8 heterocycles. The number of ether oxygens (including phenoxy) is 2. The van der Waals surface area contributed by atoms with Crippen LogP contribution in [0.25, 0.3) is 44.6 Å². The molecule has 0 radical (unpaired) electrons. The van der Waals surface area contributed by atoms with Crippen LogP contribution in [0.15, 0.2) is 132 Å². The molecule has 6 N–H and O–H groups in total. The number of pyridine rings is 2. The van der Waals surface area contributed by atoms with Crippen molar-refractivity contribution >= 4 is 62.9 Å². The van der Waals surface area contributed by atoms with Crippen molar-refractivity contribution in [2.75, 3.05) is 51.0 Å². The van der Waals surface area contributed by atoms with E-state index >= 15 is 0 Å². The van der Waals surface area contributed by atoms with Crippen molar-refractivity contribution in [2.45, 2.75) is 32.8 Å². The number of azo groups is 1. The Bertz CT molecular complexity index is 3070. The molecule has 1 unspecified atom stereocenters. The summed E-state index contributed by atoms with van der Waals surface area (Å²) < 4.78 is 12.0. The maximum atomic E-state index is 12.6. The highest BCUT2D eigenvalue weighted by Crippen LogP contribution is 2.26. The number of hydrazine groups is 1. The van der Waals surface area contributed by atoms with E-state index in [0.29, 0.717) is 49.3 Å². The number of carbonyl (C=O) groups is 4. The van der Waals surface area contributed by atoms with E-state index < -0.39 is 18.0 Å². The molecule has 8 aromatic rings. The van der Waals surface area contributed by atoms with Crippen LogP contribution in [-0.4, -0.2) is 120 Å². The lowest BCUT2D eigenvalue weighted by Crippen LogP contribution is -2.63. The number of nitrogens with two attached hydrogens (primary N) is 1. The molecule has 70 heavy (non-hydrogen) atoms. The fraction of sp³-hybridized carbons (Fsp3) is 0.245. The topological polar surface area (TPSA) is 269 Å². The van der Waals surface area contributed by atoms with Crippen molar-refractivity contribution in [3.63, 3.8) is 0 Å².